The Hall–Kier alpha value is -2.29. The number of furan rings is 1. The Bertz CT molecular complexity index is 756. The highest BCUT2D eigenvalue weighted by Gasteiger charge is 2.36. The summed E-state index contributed by atoms with van der Waals surface area (Å²) in [7, 11) is 1.81. The number of para-hydroxylation sites is 1. The number of hydrogen-bond donors (Lipinski definition) is 0. The van der Waals surface area contributed by atoms with Gasteiger partial charge in [-0.05, 0) is 36.6 Å². The van der Waals surface area contributed by atoms with Crippen molar-refractivity contribution in [3.8, 4) is 0 Å². The number of likely N-dealkylation sites (N-methyl/N-ethyl adjacent to an activating group) is 1. The molecule has 1 amide bonds. The molecule has 1 aliphatic carbocycles. The van der Waals surface area contributed by atoms with Crippen LogP contribution in [0.2, 0.25) is 0 Å². The zero-order chi connectivity index (χ0) is 14.6. The van der Waals surface area contributed by atoms with Crippen molar-refractivity contribution in [3.05, 3.63) is 53.5 Å². The van der Waals surface area contributed by atoms with Crippen LogP contribution in [0.15, 0.2) is 40.8 Å². The number of hydrogen-bond acceptors (Lipinski definition) is 2. The number of amides is 1. The molecule has 2 heterocycles. The Balaban J connectivity index is 1.72. The molecule has 1 aliphatic heterocycles. The van der Waals surface area contributed by atoms with Crippen LogP contribution in [-0.2, 0) is 4.79 Å². The van der Waals surface area contributed by atoms with E-state index in [1.807, 2.05) is 42.5 Å². The first-order chi connectivity index (χ1) is 10.1. The summed E-state index contributed by atoms with van der Waals surface area (Å²) in [6, 6.07) is 11.9. The van der Waals surface area contributed by atoms with Gasteiger partial charge in [0.1, 0.15) is 11.5 Å². The van der Waals surface area contributed by atoms with Crippen LogP contribution in [0.3, 0.4) is 0 Å². The molecule has 21 heavy (non-hydrogen) atoms. The van der Waals surface area contributed by atoms with E-state index in [1.165, 1.54) is 6.42 Å². The Morgan fingerprint density at radius 2 is 2.00 bits per heavy atom. The van der Waals surface area contributed by atoms with Crippen molar-refractivity contribution >= 4 is 23.2 Å². The summed E-state index contributed by atoms with van der Waals surface area (Å²) in [5, 5.41) is 0. The van der Waals surface area contributed by atoms with E-state index in [-0.39, 0.29) is 5.91 Å². The maximum Gasteiger partial charge on any atom is 0.258 e. The van der Waals surface area contributed by atoms with Gasteiger partial charge >= 0.3 is 0 Å². The number of anilines is 1. The third-order valence-electron chi connectivity index (χ3n) is 4.50. The molecule has 2 atom stereocenters. The van der Waals surface area contributed by atoms with Crippen LogP contribution in [0.25, 0.3) is 11.6 Å². The van der Waals surface area contributed by atoms with Crippen LogP contribution in [0.4, 0.5) is 5.69 Å². The van der Waals surface area contributed by atoms with Crippen molar-refractivity contribution in [1.29, 1.82) is 0 Å². The molecule has 4 rings (SSSR count). The Kier molecular flexibility index (Phi) is 2.58. The number of fused-ring (bicyclic) bond motifs is 1. The van der Waals surface area contributed by atoms with Gasteiger partial charge in [-0.3, -0.25) is 4.79 Å². The molecule has 0 radical (unpaired) electrons. The lowest BCUT2D eigenvalue weighted by molar-refractivity contribution is -0.112. The first kappa shape index (κ1) is 12.5. The summed E-state index contributed by atoms with van der Waals surface area (Å²) in [5.74, 6) is 3.11. The predicted molar refractivity (Wildman–Crippen MR) is 83.0 cm³/mol. The molecule has 1 fully saturated rings. The average Bonchev–Trinajstić information content (AvgIpc) is 2.95. The summed E-state index contributed by atoms with van der Waals surface area (Å²) in [5.41, 5.74) is 2.64. The van der Waals surface area contributed by atoms with Crippen molar-refractivity contribution in [2.75, 3.05) is 11.9 Å². The molecule has 0 unspecified atom stereocenters. The molecule has 2 aromatic rings. The minimum atomic E-state index is 0.0222. The molecule has 0 saturated heterocycles. The van der Waals surface area contributed by atoms with Gasteiger partial charge in [-0.2, -0.15) is 0 Å². The van der Waals surface area contributed by atoms with Crippen molar-refractivity contribution in [1.82, 2.24) is 0 Å². The fourth-order valence-electron chi connectivity index (χ4n) is 3.04. The van der Waals surface area contributed by atoms with Gasteiger partial charge < -0.3 is 9.32 Å². The summed E-state index contributed by atoms with van der Waals surface area (Å²) in [6.07, 6.45) is 3.06. The minimum absolute atomic E-state index is 0.0222. The smallest absolute Gasteiger partial charge is 0.258 e. The van der Waals surface area contributed by atoms with Crippen LogP contribution in [0.5, 0.6) is 0 Å². The van der Waals surface area contributed by atoms with Gasteiger partial charge in [-0.1, -0.05) is 25.1 Å². The molecular formula is C18H17NO2. The van der Waals surface area contributed by atoms with Crippen LogP contribution < -0.4 is 4.90 Å². The first-order valence-electron chi connectivity index (χ1n) is 7.34. The predicted octanol–water partition coefficient (Wildman–Crippen LogP) is 3.92. The Morgan fingerprint density at radius 1 is 1.24 bits per heavy atom. The van der Waals surface area contributed by atoms with Gasteiger partial charge in [-0.25, -0.2) is 0 Å². The lowest BCUT2D eigenvalue weighted by Crippen LogP contribution is -2.20. The molecule has 106 valence electrons. The normalized spacial score (nSPS) is 25.5. The van der Waals surface area contributed by atoms with Gasteiger partial charge in [0.2, 0.25) is 0 Å². The van der Waals surface area contributed by atoms with E-state index in [1.54, 1.807) is 11.9 Å². The molecule has 1 aromatic heterocycles. The highest BCUT2D eigenvalue weighted by Crippen LogP contribution is 2.47. The number of rotatable bonds is 2. The zero-order valence-corrected chi connectivity index (χ0v) is 12.2. The fourth-order valence-corrected chi connectivity index (χ4v) is 3.04. The van der Waals surface area contributed by atoms with Crippen molar-refractivity contribution in [3.63, 3.8) is 0 Å². The van der Waals surface area contributed by atoms with E-state index in [0.717, 1.165) is 28.7 Å². The summed E-state index contributed by atoms with van der Waals surface area (Å²) < 4.78 is 5.89. The highest BCUT2D eigenvalue weighted by atomic mass is 16.3. The van der Waals surface area contributed by atoms with Gasteiger partial charge in [0.15, 0.2) is 0 Å². The maximum atomic E-state index is 12.4. The number of carbonyl (C=O) groups excluding carboxylic acids is 1. The van der Waals surface area contributed by atoms with Gasteiger partial charge in [0.25, 0.3) is 5.91 Å². The molecule has 0 spiro atoms. The standard InChI is InChI=1S/C18H17NO2/c1-11-9-14(11)17-8-7-12(21-17)10-15-13-5-3-4-6-16(13)19(2)18(15)20/h3-8,10-11,14H,9H2,1-2H3/b15-10-/t11-,14-/m1/s1. The van der Waals surface area contributed by atoms with Crippen LogP contribution in [0, 0.1) is 5.92 Å². The highest BCUT2D eigenvalue weighted by molar-refractivity contribution is 6.35. The quantitative estimate of drug-likeness (QED) is 0.781. The Morgan fingerprint density at radius 3 is 2.76 bits per heavy atom. The first-order valence-corrected chi connectivity index (χ1v) is 7.34. The van der Waals surface area contributed by atoms with Crippen molar-refractivity contribution in [2.45, 2.75) is 19.3 Å². The second-order valence-electron chi connectivity index (χ2n) is 6.00. The summed E-state index contributed by atoms with van der Waals surface area (Å²) >= 11 is 0. The van der Waals surface area contributed by atoms with Crippen molar-refractivity contribution in [2.24, 2.45) is 5.92 Å². The van der Waals surface area contributed by atoms with E-state index in [2.05, 4.69) is 6.92 Å². The molecule has 2 aliphatic rings. The van der Waals surface area contributed by atoms with Crippen LogP contribution >= 0.6 is 0 Å². The molecular weight excluding hydrogens is 262 g/mol. The monoisotopic (exact) mass is 279 g/mol. The van der Waals surface area contributed by atoms with Crippen molar-refractivity contribution < 1.29 is 9.21 Å². The van der Waals surface area contributed by atoms with Crippen LogP contribution in [-0.4, -0.2) is 13.0 Å². The van der Waals surface area contributed by atoms with E-state index in [9.17, 15) is 4.79 Å². The second kappa shape index (κ2) is 4.35. The van der Waals surface area contributed by atoms with Gasteiger partial charge in [-0.15, -0.1) is 0 Å². The fraction of sp³-hybridized carbons (Fsp3) is 0.278. The lowest BCUT2D eigenvalue weighted by Gasteiger charge is -2.07. The third-order valence-corrected chi connectivity index (χ3v) is 4.50. The number of benzene rings is 1. The molecule has 0 bridgehead atoms. The van der Waals surface area contributed by atoms with Gasteiger partial charge in [0.05, 0.1) is 11.3 Å². The molecule has 1 aromatic carbocycles. The van der Waals surface area contributed by atoms with Gasteiger partial charge in [0, 0.05) is 18.5 Å². The second-order valence-corrected chi connectivity index (χ2v) is 6.00. The van der Waals surface area contributed by atoms with Crippen LogP contribution in [0.1, 0.15) is 36.3 Å². The van der Waals surface area contributed by atoms with E-state index >= 15 is 0 Å². The average molecular weight is 279 g/mol. The van der Waals surface area contributed by atoms with E-state index in [0.29, 0.717) is 11.5 Å². The Labute approximate surface area is 123 Å². The largest absolute Gasteiger partial charge is 0.461 e. The SMILES string of the molecule is C[C@@H]1C[C@H]1c1ccc(/C=C2\C(=O)N(C)c3ccccc32)o1. The molecule has 3 nitrogen and oxygen atoms in total. The molecule has 0 N–H and O–H groups in total. The number of nitrogens with zero attached hydrogens (tertiary/aromatic N) is 1. The van der Waals surface area contributed by atoms with E-state index < -0.39 is 0 Å². The van der Waals surface area contributed by atoms with E-state index in [4.69, 9.17) is 4.42 Å². The molecule has 1 saturated carbocycles. The zero-order valence-electron chi connectivity index (χ0n) is 12.2. The third kappa shape index (κ3) is 1.92. The lowest BCUT2D eigenvalue weighted by atomic mass is 10.1. The number of carbonyl (C=O) groups is 1. The summed E-state index contributed by atoms with van der Waals surface area (Å²) in [6.45, 7) is 2.23. The molecule has 3 heteroatoms. The maximum absolute atomic E-state index is 12.4. The minimum Gasteiger partial charge on any atom is -0.461 e. The summed E-state index contributed by atoms with van der Waals surface area (Å²) in [4.78, 5) is 14.1. The topological polar surface area (TPSA) is 33.5 Å².